The van der Waals surface area contributed by atoms with E-state index in [1.807, 2.05) is 12.1 Å². The number of hydrogen-bond acceptors (Lipinski definition) is 2. The molecule has 1 saturated heterocycles. The molecule has 2 rings (SSSR count). The summed E-state index contributed by atoms with van der Waals surface area (Å²) in [7, 11) is 0. The first-order chi connectivity index (χ1) is 8.08. The second kappa shape index (κ2) is 6.76. The van der Waals surface area contributed by atoms with Crippen molar-refractivity contribution in [1.82, 2.24) is 4.90 Å². The van der Waals surface area contributed by atoms with E-state index in [9.17, 15) is 0 Å². The Balaban J connectivity index is 0.00000162. The molecule has 2 nitrogen and oxygen atoms in total. The number of halogens is 2. The first-order valence-corrected chi connectivity index (χ1v) is 6.71. The lowest BCUT2D eigenvalue weighted by Gasteiger charge is -2.38. The summed E-state index contributed by atoms with van der Waals surface area (Å²) in [6.45, 7) is 6.68. The van der Waals surface area contributed by atoms with Gasteiger partial charge in [0.1, 0.15) is 0 Å². The summed E-state index contributed by atoms with van der Waals surface area (Å²) in [6, 6.07) is 8.98. The molecule has 3 unspecified atom stereocenters. The number of nitrogens with zero attached hydrogens (tertiary/aromatic N) is 1. The summed E-state index contributed by atoms with van der Waals surface area (Å²) >= 11 is 5.91. The summed E-state index contributed by atoms with van der Waals surface area (Å²) in [4.78, 5) is 2.51. The number of nitrogens with two attached hydrogens (primary N) is 1. The van der Waals surface area contributed by atoms with Gasteiger partial charge in [-0.3, -0.25) is 4.90 Å². The van der Waals surface area contributed by atoms with Crippen LogP contribution in [0, 0.1) is 5.92 Å². The third-order valence-electron chi connectivity index (χ3n) is 3.90. The fourth-order valence-electron chi connectivity index (χ4n) is 2.50. The van der Waals surface area contributed by atoms with E-state index in [-0.39, 0.29) is 12.4 Å². The minimum atomic E-state index is 0. The van der Waals surface area contributed by atoms with Gasteiger partial charge in [-0.05, 0) is 37.0 Å². The zero-order valence-electron chi connectivity index (χ0n) is 11.0. The molecule has 2 N–H and O–H groups in total. The van der Waals surface area contributed by atoms with Gasteiger partial charge in [-0.15, -0.1) is 12.4 Å². The number of rotatable bonds is 2. The van der Waals surface area contributed by atoms with Crippen molar-refractivity contribution in [2.75, 3.05) is 13.1 Å². The fraction of sp³-hybridized carbons (Fsp3) is 0.571. The molecule has 4 heteroatoms. The quantitative estimate of drug-likeness (QED) is 0.903. The molecule has 1 aliphatic rings. The van der Waals surface area contributed by atoms with Crippen LogP contribution in [0.5, 0.6) is 0 Å². The van der Waals surface area contributed by atoms with Crippen LogP contribution in [0.3, 0.4) is 0 Å². The molecule has 0 aromatic heterocycles. The zero-order chi connectivity index (χ0) is 12.4. The Hall–Kier alpha value is -0.280. The first-order valence-electron chi connectivity index (χ1n) is 6.33. The fourth-order valence-corrected chi connectivity index (χ4v) is 2.63. The summed E-state index contributed by atoms with van der Waals surface area (Å²) in [5.41, 5.74) is 7.39. The SMILES string of the molecule is CC1CN(C(C)c2ccc(Cl)cc2)CCC1N.Cl. The van der Waals surface area contributed by atoms with Gasteiger partial charge in [0.15, 0.2) is 0 Å². The first kappa shape index (κ1) is 15.8. The predicted octanol–water partition coefficient (Wildman–Crippen LogP) is 3.49. The second-order valence-corrected chi connectivity index (χ2v) is 5.59. The molecule has 0 amide bonds. The van der Waals surface area contributed by atoms with E-state index in [1.165, 1.54) is 5.56 Å². The molecule has 3 atom stereocenters. The molecule has 1 aliphatic heterocycles. The minimum absolute atomic E-state index is 0. The molecule has 1 fully saturated rings. The highest BCUT2D eigenvalue weighted by Crippen LogP contribution is 2.26. The Morgan fingerprint density at radius 1 is 1.33 bits per heavy atom. The number of likely N-dealkylation sites (tertiary alicyclic amines) is 1. The average molecular weight is 289 g/mol. The number of benzene rings is 1. The average Bonchev–Trinajstić information content (AvgIpc) is 2.33. The molecule has 1 aromatic rings. The van der Waals surface area contributed by atoms with E-state index in [1.54, 1.807) is 0 Å². The van der Waals surface area contributed by atoms with Crippen molar-refractivity contribution in [3.8, 4) is 0 Å². The number of hydrogen-bond donors (Lipinski definition) is 1. The molecule has 0 radical (unpaired) electrons. The summed E-state index contributed by atoms with van der Waals surface area (Å²) in [5.74, 6) is 0.582. The van der Waals surface area contributed by atoms with Gasteiger partial charge in [0.25, 0.3) is 0 Å². The monoisotopic (exact) mass is 288 g/mol. The maximum Gasteiger partial charge on any atom is 0.0406 e. The van der Waals surface area contributed by atoms with Gasteiger partial charge >= 0.3 is 0 Å². The van der Waals surface area contributed by atoms with E-state index >= 15 is 0 Å². The van der Waals surface area contributed by atoms with E-state index in [0.29, 0.717) is 18.0 Å². The molecule has 1 aromatic carbocycles. The van der Waals surface area contributed by atoms with Crippen molar-refractivity contribution in [3.05, 3.63) is 34.9 Å². The highest BCUT2D eigenvalue weighted by atomic mass is 35.5. The lowest BCUT2D eigenvalue weighted by molar-refractivity contribution is 0.124. The molecule has 18 heavy (non-hydrogen) atoms. The second-order valence-electron chi connectivity index (χ2n) is 5.15. The van der Waals surface area contributed by atoms with Crippen molar-refractivity contribution in [1.29, 1.82) is 0 Å². The van der Waals surface area contributed by atoms with E-state index in [4.69, 9.17) is 17.3 Å². The van der Waals surface area contributed by atoms with Gasteiger partial charge in [0.2, 0.25) is 0 Å². The van der Waals surface area contributed by atoms with Crippen LogP contribution in [-0.2, 0) is 0 Å². The van der Waals surface area contributed by atoms with Crippen LogP contribution in [-0.4, -0.2) is 24.0 Å². The third kappa shape index (κ3) is 3.61. The Morgan fingerprint density at radius 3 is 2.50 bits per heavy atom. The predicted molar refractivity (Wildman–Crippen MR) is 80.4 cm³/mol. The van der Waals surface area contributed by atoms with Crippen LogP contribution in [0.1, 0.15) is 31.9 Å². The van der Waals surface area contributed by atoms with Crippen molar-refractivity contribution >= 4 is 24.0 Å². The zero-order valence-corrected chi connectivity index (χ0v) is 12.5. The van der Waals surface area contributed by atoms with Crippen molar-refractivity contribution < 1.29 is 0 Å². The van der Waals surface area contributed by atoms with Gasteiger partial charge in [-0.1, -0.05) is 30.7 Å². The van der Waals surface area contributed by atoms with Crippen LogP contribution < -0.4 is 5.73 Å². The molecule has 0 bridgehead atoms. The molecular weight excluding hydrogens is 267 g/mol. The van der Waals surface area contributed by atoms with Crippen LogP contribution in [0.4, 0.5) is 0 Å². The smallest absolute Gasteiger partial charge is 0.0406 e. The normalized spacial score (nSPS) is 26.4. The van der Waals surface area contributed by atoms with Crippen molar-refractivity contribution in [3.63, 3.8) is 0 Å². The molecule has 0 aliphatic carbocycles. The van der Waals surface area contributed by atoms with E-state index in [0.717, 1.165) is 24.5 Å². The summed E-state index contributed by atoms with van der Waals surface area (Å²) in [5, 5.41) is 0.801. The van der Waals surface area contributed by atoms with Crippen LogP contribution in [0.15, 0.2) is 24.3 Å². The lowest BCUT2D eigenvalue weighted by atomic mass is 9.92. The van der Waals surface area contributed by atoms with Crippen molar-refractivity contribution in [2.24, 2.45) is 11.7 Å². The van der Waals surface area contributed by atoms with Gasteiger partial charge in [0, 0.05) is 30.2 Å². The summed E-state index contributed by atoms with van der Waals surface area (Å²) in [6.07, 6.45) is 1.10. The van der Waals surface area contributed by atoms with E-state index in [2.05, 4.69) is 30.9 Å². The van der Waals surface area contributed by atoms with Gasteiger partial charge in [-0.2, -0.15) is 0 Å². The molecular formula is C14H22Cl2N2. The Morgan fingerprint density at radius 2 is 1.94 bits per heavy atom. The third-order valence-corrected chi connectivity index (χ3v) is 4.16. The molecule has 1 heterocycles. The van der Waals surface area contributed by atoms with Crippen LogP contribution in [0.2, 0.25) is 5.02 Å². The van der Waals surface area contributed by atoms with Gasteiger partial charge in [0.05, 0.1) is 0 Å². The molecule has 0 spiro atoms. The van der Waals surface area contributed by atoms with Crippen LogP contribution >= 0.6 is 24.0 Å². The summed E-state index contributed by atoms with van der Waals surface area (Å²) < 4.78 is 0. The van der Waals surface area contributed by atoms with Crippen LogP contribution in [0.25, 0.3) is 0 Å². The maximum atomic E-state index is 6.06. The van der Waals surface area contributed by atoms with Crippen molar-refractivity contribution in [2.45, 2.75) is 32.4 Å². The Kier molecular flexibility index (Phi) is 5.93. The van der Waals surface area contributed by atoms with Gasteiger partial charge < -0.3 is 5.73 Å². The topological polar surface area (TPSA) is 29.3 Å². The largest absolute Gasteiger partial charge is 0.327 e. The van der Waals surface area contributed by atoms with Gasteiger partial charge in [-0.25, -0.2) is 0 Å². The standard InChI is InChI=1S/C14H21ClN2.ClH/c1-10-9-17(8-7-14(10)16)11(2)12-3-5-13(15)6-4-12;/h3-6,10-11,14H,7-9,16H2,1-2H3;1H. The minimum Gasteiger partial charge on any atom is -0.327 e. The Bertz CT molecular complexity index is 367. The Labute approximate surface area is 121 Å². The lowest BCUT2D eigenvalue weighted by Crippen LogP contribution is -2.46. The molecule has 102 valence electrons. The van der Waals surface area contributed by atoms with E-state index < -0.39 is 0 Å². The number of piperidine rings is 1. The molecule has 0 saturated carbocycles. The highest BCUT2D eigenvalue weighted by Gasteiger charge is 2.26. The maximum absolute atomic E-state index is 6.06. The highest BCUT2D eigenvalue weighted by molar-refractivity contribution is 6.30.